The Morgan fingerprint density at radius 1 is 1.08 bits per heavy atom. The second-order valence-corrected chi connectivity index (χ2v) is 5.90. The molecule has 0 aromatic heterocycles. The van der Waals surface area contributed by atoms with Crippen molar-refractivity contribution in [2.75, 3.05) is 6.61 Å². The Morgan fingerprint density at radius 3 is 2.60 bits per heavy atom. The summed E-state index contributed by atoms with van der Waals surface area (Å²) < 4.78 is 32.5. The van der Waals surface area contributed by atoms with Crippen LogP contribution in [-0.4, -0.2) is 23.5 Å². The number of carboxylic acid groups (broad SMARTS) is 1. The van der Waals surface area contributed by atoms with Crippen molar-refractivity contribution in [2.45, 2.75) is 25.7 Å². The van der Waals surface area contributed by atoms with Gasteiger partial charge in [-0.3, -0.25) is 9.59 Å². The lowest BCUT2D eigenvalue weighted by Crippen LogP contribution is -2.04. The molecule has 3 rings (SSSR count). The molecule has 4 nitrogen and oxygen atoms in total. The van der Waals surface area contributed by atoms with Gasteiger partial charge in [0, 0.05) is 24.0 Å². The lowest BCUT2D eigenvalue weighted by atomic mass is 9.99. The molecule has 0 radical (unpaired) electrons. The normalized spacial score (nSPS) is 13.0. The Balaban J connectivity index is 1.95. The van der Waals surface area contributed by atoms with E-state index in [-0.39, 0.29) is 18.8 Å². The molecule has 130 valence electrons. The molecule has 0 aliphatic heterocycles. The largest absolute Gasteiger partial charge is 0.493 e. The summed E-state index contributed by atoms with van der Waals surface area (Å²) in [6.45, 7) is 0.149. The lowest BCUT2D eigenvalue weighted by molar-refractivity contribution is -0.137. The summed E-state index contributed by atoms with van der Waals surface area (Å²) in [4.78, 5) is 22.5. The summed E-state index contributed by atoms with van der Waals surface area (Å²) in [5.41, 5.74) is 2.42. The summed E-state index contributed by atoms with van der Waals surface area (Å²) in [7, 11) is 0. The highest BCUT2D eigenvalue weighted by molar-refractivity contribution is 6.01. The molecule has 6 heteroatoms. The number of rotatable bonds is 6. The van der Waals surface area contributed by atoms with Gasteiger partial charge in [-0.05, 0) is 48.2 Å². The first-order valence-corrected chi connectivity index (χ1v) is 7.96. The van der Waals surface area contributed by atoms with Crippen LogP contribution in [0.2, 0.25) is 0 Å². The van der Waals surface area contributed by atoms with Crippen LogP contribution in [0.5, 0.6) is 5.75 Å². The van der Waals surface area contributed by atoms with Gasteiger partial charge in [-0.1, -0.05) is 6.07 Å². The summed E-state index contributed by atoms with van der Waals surface area (Å²) in [6, 6.07) is 6.94. The quantitative estimate of drug-likeness (QED) is 0.803. The maximum Gasteiger partial charge on any atom is 0.303 e. The van der Waals surface area contributed by atoms with Gasteiger partial charge in [0.25, 0.3) is 0 Å². The number of fused-ring (bicyclic) bond motifs is 1. The van der Waals surface area contributed by atoms with Crippen molar-refractivity contribution >= 4 is 11.8 Å². The zero-order valence-corrected chi connectivity index (χ0v) is 13.4. The summed E-state index contributed by atoms with van der Waals surface area (Å²) >= 11 is 0. The number of carbonyl (C=O) groups excluding carboxylic acids is 1. The molecular weight excluding hydrogens is 330 g/mol. The SMILES string of the molecule is O=C(O)CCCOc1cc2c(cc1-c1ccc(F)c(F)c1)CCC2=O. The van der Waals surface area contributed by atoms with E-state index in [1.165, 1.54) is 6.07 Å². The molecule has 1 aliphatic rings. The molecule has 0 atom stereocenters. The average molecular weight is 346 g/mol. The number of halogens is 2. The van der Waals surface area contributed by atoms with Crippen LogP contribution in [0.4, 0.5) is 8.78 Å². The van der Waals surface area contributed by atoms with Gasteiger partial charge in [0.2, 0.25) is 0 Å². The van der Waals surface area contributed by atoms with Gasteiger partial charge in [-0.25, -0.2) is 8.78 Å². The predicted molar refractivity (Wildman–Crippen MR) is 86.8 cm³/mol. The van der Waals surface area contributed by atoms with E-state index in [0.29, 0.717) is 41.7 Å². The molecule has 0 spiro atoms. The second kappa shape index (κ2) is 7.01. The Kier molecular flexibility index (Phi) is 4.79. The van der Waals surface area contributed by atoms with Crippen LogP contribution in [-0.2, 0) is 11.2 Å². The number of ketones is 1. The van der Waals surface area contributed by atoms with Crippen LogP contribution >= 0.6 is 0 Å². The smallest absolute Gasteiger partial charge is 0.303 e. The van der Waals surface area contributed by atoms with E-state index in [4.69, 9.17) is 9.84 Å². The Bertz CT molecular complexity index is 846. The molecule has 0 saturated heterocycles. The van der Waals surface area contributed by atoms with Crippen molar-refractivity contribution < 1.29 is 28.2 Å². The molecular formula is C19H16F2O4. The van der Waals surface area contributed by atoms with Crippen LogP contribution in [0.3, 0.4) is 0 Å². The number of benzene rings is 2. The minimum atomic E-state index is -0.967. The fourth-order valence-corrected chi connectivity index (χ4v) is 2.89. The summed E-state index contributed by atoms with van der Waals surface area (Å²) in [5.74, 6) is -2.45. The summed E-state index contributed by atoms with van der Waals surface area (Å²) in [6.07, 6.45) is 1.28. The highest BCUT2D eigenvalue weighted by Crippen LogP contribution is 2.37. The fourth-order valence-electron chi connectivity index (χ4n) is 2.89. The second-order valence-electron chi connectivity index (χ2n) is 5.90. The van der Waals surface area contributed by atoms with Gasteiger partial charge in [0.1, 0.15) is 5.75 Å². The van der Waals surface area contributed by atoms with Gasteiger partial charge in [-0.2, -0.15) is 0 Å². The standard InChI is InChI=1S/C19H16F2O4/c20-15-5-3-12(9-16(15)21)14-8-11-4-6-17(22)13(11)10-18(14)25-7-1-2-19(23)24/h3,5,8-10H,1-2,4,6-7H2,(H,23,24). The number of aliphatic carboxylic acids is 1. The number of hydrogen-bond donors (Lipinski definition) is 1. The zero-order chi connectivity index (χ0) is 18.0. The van der Waals surface area contributed by atoms with Gasteiger partial charge in [-0.15, -0.1) is 0 Å². The third-order valence-corrected chi connectivity index (χ3v) is 4.15. The van der Waals surface area contributed by atoms with E-state index in [1.807, 2.05) is 0 Å². The maximum atomic E-state index is 13.6. The van der Waals surface area contributed by atoms with Crippen LogP contribution in [0, 0.1) is 11.6 Å². The fraction of sp³-hybridized carbons (Fsp3) is 0.263. The van der Waals surface area contributed by atoms with Gasteiger partial charge >= 0.3 is 5.97 Å². The minimum Gasteiger partial charge on any atom is -0.493 e. The number of aryl methyl sites for hydroxylation is 1. The van der Waals surface area contributed by atoms with Crippen LogP contribution in [0.25, 0.3) is 11.1 Å². The Hall–Kier alpha value is -2.76. The molecule has 0 heterocycles. The minimum absolute atomic E-state index is 0.0159. The molecule has 2 aromatic rings. The molecule has 0 fully saturated rings. The van der Waals surface area contributed by atoms with Gasteiger partial charge < -0.3 is 9.84 Å². The molecule has 0 saturated carbocycles. The van der Waals surface area contributed by atoms with E-state index in [1.54, 1.807) is 12.1 Å². The third-order valence-electron chi connectivity index (χ3n) is 4.15. The average Bonchev–Trinajstić information content (AvgIpc) is 2.94. The Morgan fingerprint density at radius 2 is 1.88 bits per heavy atom. The molecule has 1 N–H and O–H groups in total. The lowest BCUT2D eigenvalue weighted by Gasteiger charge is -2.14. The van der Waals surface area contributed by atoms with E-state index in [0.717, 1.165) is 17.7 Å². The number of ether oxygens (including phenoxy) is 1. The summed E-state index contributed by atoms with van der Waals surface area (Å²) in [5, 5.41) is 8.68. The number of carboxylic acids is 1. The van der Waals surface area contributed by atoms with Crippen LogP contribution in [0.15, 0.2) is 30.3 Å². The van der Waals surface area contributed by atoms with E-state index < -0.39 is 17.6 Å². The highest BCUT2D eigenvalue weighted by Gasteiger charge is 2.23. The molecule has 1 aliphatic carbocycles. The highest BCUT2D eigenvalue weighted by atomic mass is 19.2. The molecule has 0 unspecified atom stereocenters. The van der Waals surface area contributed by atoms with Crippen LogP contribution < -0.4 is 4.74 Å². The predicted octanol–water partition coefficient (Wildman–Crippen LogP) is 4.00. The first-order valence-electron chi connectivity index (χ1n) is 7.96. The number of carbonyl (C=O) groups is 2. The van der Waals surface area contributed by atoms with Crippen molar-refractivity contribution in [1.29, 1.82) is 0 Å². The van der Waals surface area contributed by atoms with Crippen LogP contribution in [0.1, 0.15) is 35.2 Å². The van der Waals surface area contributed by atoms with Gasteiger partial charge in [0.05, 0.1) is 6.61 Å². The van der Waals surface area contributed by atoms with E-state index >= 15 is 0 Å². The van der Waals surface area contributed by atoms with Crippen molar-refractivity contribution in [2.24, 2.45) is 0 Å². The van der Waals surface area contributed by atoms with E-state index in [9.17, 15) is 18.4 Å². The third kappa shape index (κ3) is 3.68. The molecule has 25 heavy (non-hydrogen) atoms. The number of hydrogen-bond acceptors (Lipinski definition) is 3. The van der Waals surface area contributed by atoms with Crippen molar-refractivity contribution in [3.8, 4) is 16.9 Å². The number of Topliss-reactive ketones (excluding diaryl/α,β-unsaturated/α-hetero) is 1. The van der Waals surface area contributed by atoms with Gasteiger partial charge in [0.15, 0.2) is 17.4 Å². The van der Waals surface area contributed by atoms with E-state index in [2.05, 4.69) is 0 Å². The first kappa shape index (κ1) is 17.1. The van der Waals surface area contributed by atoms with Crippen molar-refractivity contribution in [3.05, 3.63) is 53.1 Å². The monoisotopic (exact) mass is 346 g/mol. The Labute approximate surface area is 143 Å². The maximum absolute atomic E-state index is 13.6. The molecule has 0 amide bonds. The van der Waals surface area contributed by atoms with Crippen molar-refractivity contribution in [3.63, 3.8) is 0 Å². The topological polar surface area (TPSA) is 63.6 Å². The van der Waals surface area contributed by atoms with Crippen molar-refractivity contribution in [1.82, 2.24) is 0 Å². The first-order chi connectivity index (χ1) is 12.0. The molecule has 2 aromatic carbocycles. The zero-order valence-electron chi connectivity index (χ0n) is 13.4. The molecule has 0 bridgehead atoms.